The second-order valence-electron chi connectivity index (χ2n) is 7.80. The number of ether oxygens (including phenoxy) is 2. The predicted molar refractivity (Wildman–Crippen MR) is 85.5 cm³/mol. The summed E-state index contributed by atoms with van der Waals surface area (Å²) in [7, 11) is 0. The molecule has 0 aromatic carbocycles. The molecule has 0 amide bonds. The Bertz CT molecular complexity index is 323. The van der Waals surface area contributed by atoms with Crippen LogP contribution in [0.1, 0.15) is 65.2 Å². The van der Waals surface area contributed by atoms with E-state index in [9.17, 15) is 0 Å². The summed E-state index contributed by atoms with van der Waals surface area (Å²) in [6, 6.07) is 0.570. The molecule has 3 heteroatoms. The smallest absolute Gasteiger partial charge is 0.0672 e. The van der Waals surface area contributed by atoms with Crippen LogP contribution in [0.5, 0.6) is 0 Å². The molecule has 1 N–H and O–H groups in total. The molecule has 0 bridgehead atoms. The minimum absolute atomic E-state index is 0.393. The van der Waals surface area contributed by atoms with Gasteiger partial charge in [0.1, 0.15) is 0 Å². The SMILES string of the molecule is CC(C)NCC1(CCCC2CCCO2)CCOC1C1CC1. The third-order valence-corrected chi connectivity index (χ3v) is 5.64. The first-order chi connectivity index (χ1) is 10.2. The van der Waals surface area contributed by atoms with Gasteiger partial charge in [-0.25, -0.2) is 0 Å². The van der Waals surface area contributed by atoms with Crippen LogP contribution in [0.25, 0.3) is 0 Å². The molecule has 3 unspecified atom stereocenters. The van der Waals surface area contributed by atoms with E-state index >= 15 is 0 Å². The average molecular weight is 295 g/mol. The topological polar surface area (TPSA) is 30.5 Å². The molecule has 2 heterocycles. The van der Waals surface area contributed by atoms with Crippen molar-refractivity contribution in [2.75, 3.05) is 19.8 Å². The molecule has 122 valence electrons. The summed E-state index contributed by atoms with van der Waals surface area (Å²) in [6.07, 6.45) is 11.5. The molecule has 1 aliphatic carbocycles. The van der Waals surface area contributed by atoms with Crippen LogP contribution >= 0.6 is 0 Å². The molecule has 3 aliphatic rings. The number of hydrogen-bond acceptors (Lipinski definition) is 3. The van der Waals surface area contributed by atoms with Crippen molar-refractivity contribution in [3.63, 3.8) is 0 Å². The highest BCUT2D eigenvalue weighted by Crippen LogP contribution is 2.50. The van der Waals surface area contributed by atoms with E-state index in [1.807, 2.05) is 0 Å². The van der Waals surface area contributed by atoms with Crippen LogP contribution in [0.4, 0.5) is 0 Å². The van der Waals surface area contributed by atoms with E-state index in [4.69, 9.17) is 9.47 Å². The maximum atomic E-state index is 6.18. The molecule has 0 spiro atoms. The zero-order valence-electron chi connectivity index (χ0n) is 13.9. The van der Waals surface area contributed by atoms with Gasteiger partial charge in [-0.05, 0) is 50.9 Å². The first kappa shape index (κ1) is 15.8. The van der Waals surface area contributed by atoms with Gasteiger partial charge in [-0.15, -0.1) is 0 Å². The highest BCUT2D eigenvalue weighted by molar-refractivity contribution is 5.00. The summed E-state index contributed by atoms with van der Waals surface area (Å²) in [4.78, 5) is 0. The fraction of sp³-hybridized carbons (Fsp3) is 1.00. The van der Waals surface area contributed by atoms with Crippen molar-refractivity contribution in [2.24, 2.45) is 11.3 Å². The first-order valence-corrected chi connectivity index (χ1v) is 9.16. The van der Waals surface area contributed by atoms with Crippen LogP contribution in [0.2, 0.25) is 0 Å². The monoisotopic (exact) mass is 295 g/mol. The fourth-order valence-electron chi connectivity index (χ4n) is 4.25. The van der Waals surface area contributed by atoms with E-state index in [0.29, 0.717) is 23.7 Å². The van der Waals surface area contributed by atoms with Gasteiger partial charge < -0.3 is 14.8 Å². The molecule has 3 fully saturated rings. The predicted octanol–water partition coefficient (Wildman–Crippen LogP) is 3.52. The molecule has 21 heavy (non-hydrogen) atoms. The van der Waals surface area contributed by atoms with E-state index in [2.05, 4.69) is 19.2 Å². The Morgan fingerprint density at radius 1 is 1.14 bits per heavy atom. The third kappa shape index (κ3) is 4.00. The zero-order valence-corrected chi connectivity index (χ0v) is 13.9. The van der Waals surface area contributed by atoms with E-state index in [1.165, 1.54) is 51.4 Å². The van der Waals surface area contributed by atoms with Crippen LogP contribution in [-0.4, -0.2) is 38.0 Å². The minimum atomic E-state index is 0.393. The molecular weight excluding hydrogens is 262 g/mol. The van der Waals surface area contributed by atoms with E-state index in [1.54, 1.807) is 0 Å². The van der Waals surface area contributed by atoms with Gasteiger partial charge in [-0.3, -0.25) is 0 Å². The van der Waals surface area contributed by atoms with Gasteiger partial charge in [0.15, 0.2) is 0 Å². The van der Waals surface area contributed by atoms with Gasteiger partial charge in [-0.2, -0.15) is 0 Å². The zero-order chi connectivity index (χ0) is 14.7. The van der Waals surface area contributed by atoms with Crippen molar-refractivity contribution in [1.29, 1.82) is 0 Å². The lowest BCUT2D eigenvalue weighted by atomic mass is 9.74. The summed E-state index contributed by atoms with van der Waals surface area (Å²) in [6.45, 7) is 7.60. The molecule has 0 aromatic heterocycles. The summed E-state index contributed by atoms with van der Waals surface area (Å²) in [5, 5.41) is 3.71. The molecule has 1 saturated carbocycles. The quantitative estimate of drug-likeness (QED) is 0.743. The lowest BCUT2D eigenvalue weighted by molar-refractivity contribution is 0.0217. The molecule has 3 atom stereocenters. The highest BCUT2D eigenvalue weighted by Gasteiger charge is 2.50. The van der Waals surface area contributed by atoms with Crippen molar-refractivity contribution in [3.05, 3.63) is 0 Å². The highest BCUT2D eigenvalue weighted by atomic mass is 16.5. The lowest BCUT2D eigenvalue weighted by Crippen LogP contribution is -2.44. The van der Waals surface area contributed by atoms with Crippen molar-refractivity contribution in [1.82, 2.24) is 5.32 Å². The van der Waals surface area contributed by atoms with Gasteiger partial charge in [0.25, 0.3) is 0 Å². The summed E-state index contributed by atoms with van der Waals surface area (Å²) in [5.41, 5.74) is 0.393. The van der Waals surface area contributed by atoms with Crippen molar-refractivity contribution < 1.29 is 9.47 Å². The third-order valence-electron chi connectivity index (χ3n) is 5.64. The number of hydrogen-bond donors (Lipinski definition) is 1. The second-order valence-corrected chi connectivity index (χ2v) is 7.80. The largest absolute Gasteiger partial charge is 0.378 e. The van der Waals surface area contributed by atoms with Crippen LogP contribution in [0.3, 0.4) is 0 Å². The Morgan fingerprint density at radius 2 is 2.00 bits per heavy atom. The molecule has 2 saturated heterocycles. The molecule has 0 radical (unpaired) electrons. The Labute approximate surface area is 130 Å². The second kappa shape index (κ2) is 6.97. The molecule has 3 rings (SSSR count). The average Bonchev–Trinajstić information content (AvgIpc) is 3.00. The normalized spacial score (nSPS) is 36.7. The maximum absolute atomic E-state index is 6.18. The molecule has 2 aliphatic heterocycles. The summed E-state index contributed by atoms with van der Waals surface area (Å²) < 4.78 is 12.0. The summed E-state index contributed by atoms with van der Waals surface area (Å²) in [5.74, 6) is 0.851. The van der Waals surface area contributed by atoms with E-state index in [0.717, 1.165) is 25.7 Å². The standard InChI is InChI=1S/C18H33NO2/c1-14(2)19-13-18(9-3-5-16-6-4-11-20-16)10-12-21-17(18)15-7-8-15/h14-17,19H,3-13H2,1-2H3. The van der Waals surface area contributed by atoms with E-state index < -0.39 is 0 Å². The van der Waals surface area contributed by atoms with Crippen LogP contribution < -0.4 is 5.32 Å². The number of nitrogens with one attached hydrogen (secondary N) is 1. The van der Waals surface area contributed by atoms with Crippen molar-refractivity contribution in [3.8, 4) is 0 Å². The van der Waals surface area contributed by atoms with Crippen LogP contribution in [0, 0.1) is 11.3 Å². The van der Waals surface area contributed by atoms with Gasteiger partial charge in [0, 0.05) is 31.2 Å². The molecular formula is C18H33NO2. The van der Waals surface area contributed by atoms with Crippen molar-refractivity contribution >= 4 is 0 Å². The van der Waals surface area contributed by atoms with Crippen molar-refractivity contribution in [2.45, 2.75) is 83.5 Å². The van der Waals surface area contributed by atoms with Gasteiger partial charge >= 0.3 is 0 Å². The molecule has 0 aromatic rings. The van der Waals surface area contributed by atoms with Gasteiger partial charge in [-0.1, -0.05) is 20.3 Å². The van der Waals surface area contributed by atoms with Crippen LogP contribution in [0.15, 0.2) is 0 Å². The summed E-state index contributed by atoms with van der Waals surface area (Å²) >= 11 is 0. The van der Waals surface area contributed by atoms with Crippen LogP contribution in [-0.2, 0) is 9.47 Å². The Kier molecular flexibility index (Phi) is 5.23. The van der Waals surface area contributed by atoms with Gasteiger partial charge in [0.2, 0.25) is 0 Å². The van der Waals surface area contributed by atoms with Gasteiger partial charge in [0.05, 0.1) is 12.2 Å². The Hall–Kier alpha value is -0.120. The Balaban J connectivity index is 1.55. The number of rotatable bonds is 8. The lowest BCUT2D eigenvalue weighted by Gasteiger charge is -2.36. The molecule has 3 nitrogen and oxygen atoms in total. The fourth-order valence-corrected chi connectivity index (χ4v) is 4.25. The Morgan fingerprint density at radius 3 is 2.67 bits per heavy atom. The first-order valence-electron chi connectivity index (χ1n) is 9.16. The maximum Gasteiger partial charge on any atom is 0.0672 e. The van der Waals surface area contributed by atoms with E-state index in [-0.39, 0.29) is 0 Å². The minimum Gasteiger partial charge on any atom is -0.378 e.